The van der Waals surface area contributed by atoms with Crippen molar-refractivity contribution in [1.29, 1.82) is 0 Å². The zero-order valence-corrected chi connectivity index (χ0v) is 15.2. The van der Waals surface area contributed by atoms with Gasteiger partial charge in [0.2, 0.25) is 5.28 Å². The summed E-state index contributed by atoms with van der Waals surface area (Å²) in [5.41, 5.74) is 1.85. The molecule has 0 amide bonds. The molecule has 1 N–H and O–H groups in total. The smallest absolute Gasteiger partial charge is 0.226 e. The molecule has 0 spiro atoms. The molecule has 0 unspecified atom stereocenters. The van der Waals surface area contributed by atoms with E-state index in [0.29, 0.717) is 22.7 Å². The van der Waals surface area contributed by atoms with Gasteiger partial charge in [-0.25, -0.2) is 4.39 Å². The second-order valence-corrected chi connectivity index (χ2v) is 6.20. The molecule has 1 aromatic carbocycles. The zero-order valence-electron chi connectivity index (χ0n) is 12.9. The molecule has 0 radical (unpaired) electrons. The van der Waals surface area contributed by atoms with Crippen molar-refractivity contribution in [3.63, 3.8) is 0 Å². The molecule has 0 aliphatic rings. The van der Waals surface area contributed by atoms with Crippen LogP contribution in [0.25, 0.3) is 0 Å². The summed E-state index contributed by atoms with van der Waals surface area (Å²) in [6.45, 7) is 6.53. The molecule has 0 bridgehead atoms. The van der Waals surface area contributed by atoms with Crippen LogP contribution in [-0.2, 0) is 0 Å². The van der Waals surface area contributed by atoms with Crippen LogP contribution in [0.4, 0.5) is 21.7 Å². The minimum absolute atomic E-state index is 0.134. The predicted molar refractivity (Wildman–Crippen MR) is 97.1 cm³/mol. The first-order valence-corrected chi connectivity index (χ1v) is 8.17. The maximum absolute atomic E-state index is 13.2. The number of hydrogen-bond acceptors (Lipinski definition) is 4. The first-order valence-electron chi connectivity index (χ1n) is 7.00. The Labute approximate surface area is 148 Å². The third-order valence-corrected chi connectivity index (χ3v) is 4.10. The summed E-state index contributed by atoms with van der Waals surface area (Å²) in [6.07, 6.45) is 0.764. The number of hydrogen-bond donors (Lipinski definition) is 1. The van der Waals surface area contributed by atoms with E-state index < -0.39 is 0 Å². The van der Waals surface area contributed by atoms with Crippen LogP contribution in [0.3, 0.4) is 0 Å². The maximum atomic E-state index is 13.2. The van der Waals surface area contributed by atoms with Gasteiger partial charge in [0.05, 0.1) is 0 Å². The van der Waals surface area contributed by atoms with Crippen LogP contribution >= 0.6 is 27.5 Å². The van der Waals surface area contributed by atoms with Crippen molar-refractivity contribution in [2.45, 2.75) is 13.3 Å². The number of nitrogens with zero attached hydrogens (tertiary/aromatic N) is 3. The van der Waals surface area contributed by atoms with Gasteiger partial charge in [-0.2, -0.15) is 9.97 Å². The normalized spacial score (nSPS) is 10.5. The highest BCUT2D eigenvalue weighted by Gasteiger charge is 2.18. The topological polar surface area (TPSA) is 41.1 Å². The lowest BCUT2D eigenvalue weighted by Crippen LogP contribution is -2.21. The molecule has 0 saturated heterocycles. The minimum atomic E-state index is -0.288. The van der Waals surface area contributed by atoms with E-state index in [9.17, 15) is 4.39 Å². The van der Waals surface area contributed by atoms with Crippen LogP contribution in [0.5, 0.6) is 0 Å². The van der Waals surface area contributed by atoms with Gasteiger partial charge in [0.25, 0.3) is 0 Å². The van der Waals surface area contributed by atoms with Crippen molar-refractivity contribution in [2.24, 2.45) is 0 Å². The molecule has 23 heavy (non-hydrogen) atoms. The molecule has 122 valence electrons. The Morgan fingerprint density at radius 2 is 2.00 bits per heavy atom. The maximum Gasteiger partial charge on any atom is 0.226 e. The van der Waals surface area contributed by atoms with E-state index in [0.717, 1.165) is 17.7 Å². The van der Waals surface area contributed by atoms with Crippen LogP contribution in [0.2, 0.25) is 5.28 Å². The van der Waals surface area contributed by atoms with Gasteiger partial charge < -0.3 is 10.2 Å². The van der Waals surface area contributed by atoms with Crippen molar-refractivity contribution in [2.75, 3.05) is 23.8 Å². The van der Waals surface area contributed by atoms with Crippen molar-refractivity contribution >= 4 is 44.9 Å². The van der Waals surface area contributed by atoms with Crippen LogP contribution in [-0.4, -0.2) is 23.6 Å². The number of anilines is 3. The van der Waals surface area contributed by atoms with Crippen LogP contribution in [0.15, 0.2) is 40.9 Å². The van der Waals surface area contributed by atoms with Gasteiger partial charge in [0.1, 0.15) is 16.1 Å². The fourth-order valence-corrected chi connectivity index (χ4v) is 2.79. The minimum Gasteiger partial charge on any atom is -0.372 e. The second kappa shape index (κ2) is 7.75. The quantitative estimate of drug-likeness (QED) is 0.537. The van der Waals surface area contributed by atoms with E-state index in [1.54, 1.807) is 19.2 Å². The number of halogens is 3. The van der Waals surface area contributed by atoms with E-state index in [2.05, 4.69) is 37.8 Å². The molecule has 2 aromatic rings. The van der Waals surface area contributed by atoms with Crippen molar-refractivity contribution in [3.05, 3.63) is 52.0 Å². The largest absolute Gasteiger partial charge is 0.372 e. The number of aromatic nitrogens is 2. The van der Waals surface area contributed by atoms with E-state index in [4.69, 9.17) is 11.6 Å². The Hall–Kier alpha value is -1.66. The highest BCUT2D eigenvalue weighted by Crippen LogP contribution is 2.35. The van der Waals surface area contributed by atoms with Crippen molar-refractivity contribution < 1.29 is 4.39 Å². The molecule has 1 heterocycles. The lowest BCUT2D eigenvalue weighted by molar-refractivity contribution is 0.627. The lowest BCUT2D eigenvalue weighted by atomic mass is 10.2. The van der Waals surface area contributed by atoms with Gasteiger partial charge in [0.15, 0.2) is 5.82 Å². The summed E-state index contributed by atoms with van der Waals surface area (Å²) in [5, 5.41) is 3.10. The van der Waals surface area contributed by atoms with Crippen LogP contribution < -0.4 is 10.2 Å². The lowest BCUT2D eigenvalue weighted by Gasteiger charge is -2.25. The van der Waals surface area contributed by atoms with Gasteiger partial charge >= 0.3 is 0 Å². The Kier molecular flexibility index (Phi) is 5.96. The molecule has 0 aliphatic carbocycles. The predicted octanol–water partition coefficient (Wildman–Crippen LogP) is 5.18. The summed E-state index contributed by atoms with van der Waals surface area (Å²) in [6, 6.07) is 6.24. The third kappa shape index (κ3) is 4.42. The molecule has 2 rings (SSSR count). The van der Waals surface area contributed by atoms with Gasteiger partial charge in [-0.05, 0) is 65.1 Å². The van der Waals surface area contributed by atoms with E-state index in [1.807, 2.05) is 11.8 Å². The Morgan fingerprint density at radius 1 is 1.35 bits per heavy atom. The summed E-state index contributed by atoms with van der Waals surface area (Å²) < 4.78 is 13.9. The van der Waals surface area contributed by atoms with Crippen LogP contribution in [0, 0.1) is 5.82 Å². The van der Waals surface area contributed by atoms with Crippen molar-refractivity contribution in [1.82, 2.24) is 9.97 Å². The SMILES string of the molecule is C=C(C)CCN(c1ccc(F)cc1)c1nc(Cl)nc(NC)c1Br. The van der Waals surface area contributed by atoms with Crippen LogP contribution in [0.1, 0.15) is 13.3 Å². The first-order chi connectivity index (χ1) is 10.9. The zero-order chi connectivity index (χ0) is 17.0. The second-order valence-electron chi connectivity index (χ2n) is 5.06. The van der Waals surface area contributed by atoms with Crippen molar-refractivity contribution in [3.8, 4) is 0 Å². The van der Waals surface area contributed by atoms with Gasteiger partial charge in [-0.15, -0.1) is 6.58 Å². The van der Waals surface area contributed by atoms with Gasteiger partial charge in [-0.3, -0.25) is 0 Å². The fraction of sp³-hybridized carbons (Fsp3) is 0.250. The highest BCUT2D eigenvalue weighted by molar-refractivity contribution is 9.10. The molecule has 0 aliphatic heterocycles. The first kappa shape index (κ1) is 17.7. The standard InChI is InChI=1S/C16H17BrClFN4/c1-10(2)8-9-23(12-6-4-11(19)5-7-12)15-13(17)14(20-3)21-16(18)22-15/h4-7H,1,8-9H2,2-3H3,(H,20,21,22). The Balaban J connectivity index is 2.50. The monoisotopic (exact) mass is 398 g/mol. The fourth-order valence-electron chi connectivity index (χ4n) is 2.03. The summed E-state index contributed by atoms with van der Waals surface area (Å²) in [7, 11) is 1.75. The molecule has 0 atom stereocenters. The third-order valence-electron chi connectivity index (χ3n) is 3.20. The summed E-state index contributed by atoms with van der Waals surface area (Å²) in [4.78, 5) is 10.4. The molecule has 0 fully saturated rings. The number of nitrogens with one attached hydrogen (secondary N) is 1. The van der Waals surface area contributed by atoms with E-state index in [1.165, 1.54) is 12.1 Å². The summed E-state index contributed by atoms with van der Waals surface area (Å²) in [5.74, 6) is 0.911. The Morgan fingerprint density at radius 3 is 2.57 bits per heavy atom. The van der Waals surface area contributed by atoms with E-state index in [-0.39, 0.29) is 11.1 Å². The molecular formula is C16H17BrClFN4. The molecule has 0 saturated carbocycles. The number of benzene rings is 1. The average Bonchev–Trinajstić information content (AvgIpc) is 2.51. The molecule has 7 heteroatoms. The molecule has 1 aromatic heterocycles. The van der Waals surface area contributed by atoms with E-state index >= 15 is 0 Å². The number of rotatable bonds is 6. The summed E-state index contributed by atoms with van der Waals surface area (Å²) >= 11 is 9.54. The molecular weight excluding hydrogens is 383 g/mol. The molecule has 4 nitrogen and oxygen atoms in total. The highest BCUT2D eigenvalue weighted by atomic mass is 79.9. The Bertz CT molecular complexity index is 706. The average molecular weight is 400 g/mol. The van der Waals surface area contributed by atoms with Gasteiger partial charge in [-0.1, -0.05) is 5.57 Å². The van der Waals surface area contributed by atoms with Gasteiger partial charge in [0, 0.05) is 19.3 Å².